The zero-order valence-electron chi connectivity index (χ0n) is 19.7. The minimum Gasteiger partial charge on any atom is -0.487 e. The SMILES string of the molecule is NC1CC2(CCN(Cc3ccc4c(c3)CN(C3CCC(=O)NC3=O)C4=O)CC2)Oc2ccccc21. The fourth-order valence-electron chi connectivity index (χ4n) is 6.07. The fraction of sp³-hybridized carbons (Fsp3) is 0.444. The summed E-state index contributed by atoms with van der Waals surface area (Å²) < 4.78 is 6.48. The largest absolute Gasteiger partial charge is 0.487 e. The zero-order valence-corrected chi connectivity index (χ0v) is 19.7. The van der Waals surface area contributed by atoms with E-state index in [9.17, 15) is 14.4 Å². The van der Waals surface area contributed by atoms with Gasteiger partial charge in [-0.2, -0.15) is 0 Å². The molecule has 3 N–H and O–H groups in total. The summed E-state index contributed by atoms with van der Waals surface area (Å²) in [7, 11) is 0. The minimum atomic E-state index is -0.582. The van der Waals surface area contributed by atoms with E-state index < -0.39 is 6.04 Å². The van der Waals surface area contributed by atoms with Crippen LogP contribution in [0.3, 0.4) is 0 Å². The Morgan fingerprint density at radius 2 is 1.89 bits per heavy atom. The highest BCUT2D eigenvalue weighted by Gasteiger charge is 2.42. The molecule has 2 saturated heterocycles. The molecule has 0 bridgehead atoms. The average molecular weight is 475 g/mol. The third kappa shape index (κ3) is 4.00. The molecule has 2 fully saturated rings. The molecule has 2 aromatic rings. The number of nitrogens with two attached hydrogens (primary N) is 1. The first kappa shape index (κ1) is 22.2. The van der Waals surface area contributed by atoms with Gasteiger partial charge in [0.05, 0.1) is 0 Å². The van der Waals surface area contributed by atoms with Crippen molar-refractivity contribution in [3.8, 4) is 5.75 Å². The number of likely N-dealkylation sites (tertiary alicyclic amines) is 1. The van der Waals surface area contributed by atoms with E-state index in [1.54, 1.807) is 4.90 Å². The van der Waals surface area contributed by atoms with E-state index >= 15 is 0 Å². The van der Waals surface area contributed by atoms with Gasteiger partial charge in [0.1, 0.15) is 17.4 Å². The standard InChI is InChI=1S/C27H30N4O4/c28-21-14-27(35-23-4-2-1-3-20(21)23)9-11-30(12-10-27)15-17-5-6-19-18(13-17)16-31(26(19)34)22-7-8-24(32)29-25(22)33/h1-6,13,21-22H,7-12,14-16,28H2,(H,29,32,33). The summed E-state index contributed by atoms with van der Waals surface area (Å²) in [5, 5.41) is 2.36. The molecule has 4 aliphatic heterocycles. The van der Waals surface area contributed by atoms with E-state index in [2.05, 4.69) is 22.3 Å². The lowest BCUT2D eigenvalue weighted by atomic mass is 9.81. The number of hydrogen-bond donors (Lipinski definition) is 2. The third-order valence-electron chi connectivity index (χ3n) is 8.00. The number of nitrogens with zero attached hydrogens (tertiary/aromatic N) is 2. The van der Waals surface area contributed by atoms with Crippen LogP contribution in [0, 0.1) is 0 Å². The number of ether oxygens (including phenoxy) is 1. The van der Waals surface area contributed by atoms with Crippen LogP contribution in [-0.4, -0.2) is 52.3 Å². The van der Waals surface area contributed by atoms with Gasteiger partial charge in [-0.3, -0.25) is 24.6 Å². The molecule has 0 aliphatic carbocycles. The van der Waals surface area contributed by atoms with Crippen molar-refractivity contribution in [2.45, 2.75) is 62.9 Å². The van der Waals surface area contributed by atoms with E-state index in [1.165, 1.54) is 0 Å². The van der Waals surface area contributed by atoms with Gasteiger partial charge in [-0.1, -0.05) is 30.3 Å². The third-order valence-corrected chi connectivity index (χ3v) is 8.00. The molecule has 8 heteroatoms. The Bertz CT molecular complexity index is 1200. The lowest BCUT2D eigenvalue weighted by Gasteiger charge is -2.46. The first-order valence-electron chi connectivity index (χ1n) is 12.4. The van der Waals surface area contributed by atoms with Crippen LogP contribution in [0.2, 0.25) is 0 Å². The van der Waals surface area contributed by atoms with Gasteiger partial charge in [0.25, 0.3) is 5.91 Å². The predicted molar refractivity (Wildman–Crippen MR) is 128 cm³/mol. The van der Waals surface area contributed by atoms with Crippen molar-refractivity contribution in [3.05, 3.63) is 64.7 Å². The first-order chi connectivity index (χ1) is 16.9. The zero-order chi connectivity index (χ0) is 24.2. The number of hydrogen-bond acceptors (Lipinski definition) is 6. The lowest BCUT2D eigenvalue weighted by Crippen LogP contribution is -2.52. The number of rotatable bonds is 3. The number of para-hydroxylation sites is 1. The van der Waals surface area contributed by atoms with Crippen molar-refractivity contribution in [2.24, 2.45) is 5.73 Å². The number of benzene rings is 2. The highest BCUT2D eigenvalue weighted by Crippen LogP contribution is 2.43. The second-order valence-electron chi connectivity index (χ2n) is 10.3. The average Bonchev–Trinajstić information content (AvgIpc) is 3.16. The summed E-state index contributed by atoms with van der Waals surface area (Å²) in [6.45, 7) is 3.06. The Labute approximate surface area is 204 Å². The van der Waals surface area contributed by atoms with Crippen LogP contribution in [-0.2, 0) is 22.7 Å². The Morgan fingerprint density at radius 3 is 2.69 bits per heavy atom. The molecule has 8 nitrogen and oxygen atoms in total. The van der Waals surface area contributed by atoms with Crippen LogP contribution in [0.4, 0.5) is 0 Å². The highest BCUT2D eigenvalue weighted by atomic mass is 16.5. The number of nitrogens with one attached hydrogen (secondary N) is 1. The molecule has 2 aromatic carbocycles. The van der Waals surface area contributed by atoms with Crippen LogP contribution in [0.25, 0.3) is 0 Å². The molecule has 35 heavy (non-hydrogen) atoms. The maximum atomic E-state index is 12.9. The molecule has 4 aliphatic rings. The molecule has 2 unspecified atom stereocenters. The van der Waals surface area contributed by atoms with E-state index in [0.29, 0.717) is 18.5 Å². The van der Waals surface area contributed by atoms with Gasteiger partial charge in [-0.05, 0) is 42.5 Å². The van der Waals surface area contributed by atoms with Crippen LogP contribution in [0.1, 0.15) is 65.2 Å². The van der Waals surface area contributed by atoms with Gasteiger partial charge in [-0.15, -0.1) is 0 Å². The second-order valence-corrected chi connectivity index (χ2v) is 10.3. The van der Waals surface area contributed by atoms with Gasteiger partial charge in [0.15, 0.2) is 0 Å². The van der Waals surface area contributed by atoms with Crippen LogP contribution in [0.15, 0.2) is 42.5 Å². The van der Waals surface area contributed by atoms with Crippen LogP contribution < -0.4 is 15.8 Å². The summed E-state index contributed by atoms with van der Waals surface area (Å²) in [4.78, 5) is 40.7. The van der Waals surface area contributed by atoms with Crippen molar-refractivity contribution in [2.75, 3.05) is 13.1 Å². The van der Waals surface area contributed by atoms with Crippen molar-refractivity contribution in [1.29, 1.82) is 0 Å². The Hall–Kier alpha value is -3.23. The molecule has 6 rings (SSSR count). The predicted octanol–water partition coefficient (Wildman–Crippen LogP) is 2.26. The lowest BCUT2D eigenvalue weighted by molar-refractivity contribution is -0.136. The Balaban J connectivity index is 1.10. The summed E-state index contributed by atoms with van der Waals surface area (Å²) in [5.41, 5.74) is 10.1. The quantitative estimate of drug-likeness (QED) is 0.662. The van der Waals surface area contributed by atoms with E-state index in [1.807, 2.05) is 30.3 Å². The first-order valence-corrected chi connectivity index (χ1v) is 12.4. The van der Waals surface area contributed by atoms with E-state index in [4.69, 9.17) is 10.5 Å². The summed E-state index contributed by atoms with van der Waals surface area (Å²) >= 11 is 0. The molecule has 0 saturated carbocycles. The summed E-state index contributed by atoms with van der Waals surface area (Å²) in [6.07, 6.45) is 3.35. The summed E-state index contributed by atoms with van der Waals surface area (Å²) in [5.74, 6) is 0.138. The highest BCUT2D eigenvalue weighted by molar-refractivity contribution is 6.05. The number of fused-ring (bicyclic) bond motifs is 2. The van der Waals surface area contributed by atoms with Gasteiger partial charge in [0.2, 0.25) is 11.8 Å². The maximum Gasteiger partial charge on any atom is 0.255 e. The minimum absolute atomic E-state index is 0.00746. The van der Waals surface area contributed by atoms with Crippen molar-refractivity contribution < 1.29 is 19.1 Å². The normalized spacial score (nSPS) is 25.7. The van der Waals surface area contributed by atoms with Crippen LogP contribution in [0.5, 0.6) is 5.75 Å². The molecule has 0 aromatic heterocycles. The van der Waals surface area contributed by atoms with Crippen LogP contribution >= 0.6 is 0 Å². The Kier molecular flexibility index (Phi) is 5.38. The molecular weight excluding hydrogens is 444 g/mol. The maximum absolute atomic E-state index is 12.9. The second kappa shape index (κ2) is 8.46. The summed E-state index contributed by atoms with van der Waals surface area (Å²) in [6, 6.07) is 13.5. The number of piperidine rings is 2. The molecule has 182 valence electrons. The number of imide groups is 1. The molecule has 1 spiro atoms. The fourth-order valence-corrected chi connectivity index (χ4v) is 6.07. The topological polar surface area (TPSA) is 105 Å². The van der Waals surface area contributed by atoms with Crippen molar-refractivity contribution in [3.63, 3.8) is 0 Å². The molecular formula is C27H30N4O4. The van der Waals surface area contributed by atoms with Crippen molar-refractivity contribution >= 4 is 17.7 Å². The Morgan fingerprint density at radius 1 is 1.09 bits per heavy atom. The molecule has 2 atom stereocenters. The molecule has 4 heterocycles. The van der Waals surface area contributed by atoms with Gasteiger partial charge >= 0.3 is 0 Å². The smallest absolute Gasteiger partial charge is 0.255 e. The number of carbonyl (C=O) groups is 3. The van der Waals surface area contributed by atoms with Gasteiger partial charge in [-0.25, -0.2) is 0 Å². The molecule has 0 radical (unpaired) electrons. The number of carbonyl (C=O) groups excluding carboxylic acids is 3. The van der Waals surface area contributed by atoms with Gasteiger partial charge < -0.3 is 15.4 Å². The van der Waals surface area contributed by atoms with E-state index in [0.717, 1.165) is 61.3 Å². The number of amides is 3. The van der Waals surface area contributed by atoms with Gasteiger partial charge in [0, 0.05) is 56.2 Å². The van der Waals surface area contributed by atoms with Crippen molar-refractivity contribution in [1.82, 2.24) is 15.1 Å². The molecule has 3 amide bonds. The monoisotopic (exact) mass is 474 g/mol. The van der Waals surface area contributed by atoms with E-state index in [-0.39, 0.29) is 35.8 Å².